The van der Waals surface area contributed by atoms with Gasteiger partial charge in [0.25, 0.3) is 5.91 Å². The lowest BCUT2D eigenvalue weighted by atomic mass is 10.2. The average molecular weight is 316 g/mol. The highest BCUT2D eigenvalue weighted by Crippen LogP contribution is 2.22. The number of carbonyl (C=O) groups excluding carboxylic acids is 1. The molecule has 0 saturated heterocycles. The number of carbonyl (C=O) groups is 1. The summed E-state index contributed by atoms with van der Waals surface area (Å²) in [7, 11) is 1.64. The summed E-state index contributed by atoms with van der Waals surface area (Å²) in [4.78, 5) is 11.5. The lowest BCUT2D eigenvalue weighted by molar-refractivity contribution is -0.123. The van der Waals surface area contributed by atoms with Gasteiger partial charge < -0.3 is 14.8 Å². The molecule has 0 spiro atoms. The average Bonchev–Trinajstić information content (AvgIpc) is 2.36. The van der Waals surface area contributed by atoms with Crippen molar-refractivity contribution in [3.05, 3.63) is 28.2 Å². The minimum Gasteiger partial charge on any atom is -0.483 e. The first kappa shape index (κ1) is 15.0. The minimum absolute atomic E-state index is 0.0320. The highest BCUT2D eigenvalue weighted by Gasteiger charge is 2.04. The Labute approximate surface area is 116 Å². The predicted molar refractivity (Wildman–Crippen MR) is 73.9 cm³/mol. The molecule has 5 heteroatoms. The number of nitrogens with one attached hydrogen (secondary N) is 1. The van der Waals surface area contributed by atoms with Gasteiger partial charge in [0.2, 0.25) is 0 Å². The Hall–Kier alpha value is -1.07. The van der Waals surface area contributed by atoms with Gasteiger partial charge in [-0.25, -0.2) is 0 Å². The number of methoxy groups -OCH3 is 1. The second-order valence-electron chi connectivity index (χ2n) is 3.89. The number of hydrogen-bond donors (Lipinski definition) is 1. The van der Waals surface area contributed by atoms with Gasteiger partial charge >= 0.3 is 0 Å². The van der Waals surface area contributed by atoms with E-state index in [4.69, 9.17) is 9.47 Å². The molecule has 0 saturated carbocycles. The van der Waals surface area contributed by atoms with Gasteiger partial charge in [0.05, 0.1) is 0 Å². The van der Waals surface area contributed by atoms with Gasteiger partial charge in [-0.1, -0.05) is 22.0 Å². The molecule has 0 unspecified atom stereocenters. The lowest BCUT2D eigenvalue weighted by Gasteiger charge is -2.09. The van der Waals surface area contributed by atoms with Crippen LogP contribution in [0.15, 0.2) is 22.7 Å². The summed E-state index contributed by atoms with van der Waals surface area (Å²) in [6, 6.07) is 5.73. The molecular weight excluding hydrogens is 298 g/mol. The van der Waals surface area contributed by atoms with Crippen LogP contribution in [0.25, 0.3) is 0 Å². The molecule has 0 bridgehead atoms. The number of hydrogen-bond acceptors (Lipinski definition) is 3. The van der Waals surface area contributed by atoms with Crippen molar-refractivity contribution in [1.29, 1.82) is 0 Å². The van der Waals surface area contributed by atoms with Crippen LogP contribution in [-0.2, 0) is 9.53 Å². The molecule has 1 amide bonds. The Morgan fingerprint density at radius 3 is 2.94 bits per heavy atom. The van der Waals surface area contributed by atoms with Crippen molar-refractivity contribution < 1.29 is 14.3 Å². The molecular formula is C13H18BrNO3. The standard InChI is InChI=1S/C13H18BrNO3/c1-10-4-5-11(14)8-12(10)18-9-13(16)15-6-3-7-17-2/h4-5,8H,3,6-7,9H2,1-2H3,(H,15,16). The lowest BCUT2D eigenvalue weighted by Crippen LogP contribution is -2.30. The molecule has 100 valence electrons. The summed E-state index contributed by atoms with van der Waals surface area (Å²) >= 11 is 3.37. The third-order valence-corrected chi connectivity index (χ3v) is 2.85. The van der Waals surface area contributed by atoms with Crippen molar-refractivity contribution in [2.45, 2.75) is 13.3 Å². The van der Waals surface area contributed by atoms with Crippen molar-refractivity contribution in [3.63, 3.8) is 0 Å². The third-order valence-electron chi connectivity index (χ3n) is 2.36. The van der Waals surface area contributed by atoms with E-state index in [2.05, 4.69) is 21.2 Å². The molecule has 0 fully saturated rings. The Morgan fingerprint density at radius 2 is 2.22 bits per heavy atom. The van der Waals surface area contributed by atoms with E-state index < -0.39 is 0 Å². The van der Waals surface area contributed by atoms with Crippen LogP contribution in [0.5, 0.6) is 5.75 Å². The zero-order valence-corrected chi connectivity index (χ0v) is 12.2. The molecule has 0 aromatic heterocycles. The van der Waals surface area contributed by atoms with Crippen LogP contribution < -0.4 is 10.1 Å². The first-order valence-electron chi connectivity index (χ1n) is 5.78. The topological polar surface area (TPSA) is 47.6 Å². The molecule has 1 rings (SSSR count). The van der Waals surface area contributed by atoms with E-state index in [9.17, 15) is 4.79 Å². The Bertz CT molecular complexity index is 396. The van der Waals surface area contributed by atoms with E-state index in [1.807, 2.05) is 25.1 Å². The van der Waals surface area contributed by atoms with Gasteiger partial charge in [-0.05, 0) is 31.0 Å². The summed E-state index contributed by atoms with van der Waals surface area (Å²) < 4.78 is 11.3. The fraction of sp³-hybridized carbons (Fsp3) is 0.462. The van der Waals surface area contributed by atoms with E-state index in [-0.39, 0.29) is 12.5 Å². The predicted octanol–water partition coefficient (Wildman–Crippen LogP) is 2.29. The monoisotopic (exact) mass is 315 g/mol. The molecule has 0 radical (unpaired) electrons. The molecule has 4 nitrogen and oxygen atoms in total. The zero-order valence-electron chi connectivity index (χ0n) is 10.7. The van der Waals surface area contributed by atoms with Crippen LogP contribution in [0, 0.1) is 6.92 Å². The van der Waals surface area contributed by atoms with E-state index >= 15 is 0 Å². The highest BCUT2D eigenvalue weighted by molar-refractivity contribution is 9.10. The number of rotatable bonds is 7. The first-order valence-corrected chi connectivity index (χ1v) is 6.57. The van der Waals surface area contributed by atoms with E-state index in [1.165, 1.54) is 0 Å². The van der Waals surface area contributed by atoms with Gasteiger partial charge in [0, 0.05) is 24.7 Å². The number of ether oxygens (including phenoxy) is 2. The van der Waals surface area contributed by atoms with Crippen LogP contribution >= 0.6 is 15.9 Å². The maximum Gasteiger partial charge on any atom is 0.257 e. The number of aryl methyl sites for hydroxylation is 1. The largest absolute Gasteiger partial charge is 0.483 e. The summed E-state index contributed by atoms with van der Waals surface area (Å²) in [5.74, 6) is 0.599. The Balaban J connectivity index is 2.31. The third kappa shape index (κ3) is 5.51. The van der Waals surface area contributed by atoms with Crippen LogP contribution in [0.1, 0.15) is 12.0 Å². The van der Waals surface area contributed by atoms with Crippen molar-refractivity contribution in [3.8, 4) is 5.75 Å². The smallest absolute Gasteiger partial charge is 0.257 e. The molecule has 0 atom stereocenters. The van der Waals surface area contributed by atoms with Gasteiger partial charge in [-0.3, -0.25) is 4.79 Å². The Kier molecular flexibility index (Phi) is 6.75. The number of halogens is 1. The second kappa shape index (κ2) is 8.11. The van der Waals surface area contributed by atoms with Gasteiger partial charge in [0.1, 0.15) is 5.75 Å². The number of benzene rings is 1. The quantitative estimate of drug-likeness (QED) is 0.785. The fourth-order valence-corrected chi connectivity index (χ4v) is 1.71. The van der Waals surface area contributed by atoms with E-state index in [0.29, 0.717) is 13.2 Å². The minimum atomic E-state index is -0.120. The van der Waals surface area contributed by atoms with Crippen LogP contribution in [0.4, 0.5) is 0 Å². The molecule has 0 aliphatic carbocycles. The van der Waals surface area contributed by atoms with E-state index in [1.54, 1.807) is 7.11 Å². The van der Waals surface area contributed by atoms with E-state index in [0.717, 1.165) is 22.2 Å². The first-order chi connectivity index (χ1) is 8.63. The summed E-state index contributed by atoms with van der Waals surface area (Å²) in [6.07, 6.45) is 0.804. The zero-order chi connectivity index (χ0) is 13.4. The van der Waals surface area contributed by atoms with Crippen LogP contribution in [0.2, 0.25) is 0 Å². The summed E-state index contributed by atoms with van der Waals surface area (Å²) in [6.45, 7) is 3.22. The fourth-order valence-electron chi connectivity index (χ4n) is 1.37. The maximum atomic E-state index is 11.5. The van der Waals surface area contributed by atoms with Crippen LogP contribution in [0.3, 0.4) is 0 Å². The molecule has 0 aliphatic rings. The molecule has 1 N–H and O–H groups in total. The molecule has 0 aliphatic heterocycles. The highest BCUT2D eigenvalue weighted by atomic mass is 79.9. The van der Waals surface area contributed by atoms with Gasteiger partial charge in [-0.15, -0.1) is 0 Å². The molecule has 18 heavy (non-hydrogen) atoms. The molecule has 1 aromatic rings. The molecule has 0 heterocycles. The number of amides is 1. The summed E-state index contributed by atoms with van der Waals surface area (Å²) in [5.41, 5.74) is 1.00. The van der Waals surface area contributed by atoms with Gasteiger partial charge in [-0.2, -0.15) is 0 Å². The maximum absolute atomic E-state index is 11.5. The molecule has 1 aromatic carbocycles. The van der Waals surface area contributed by atoms with Crippen molar-refractivity contribution >= 4 is 21.8 Å². The van der Waals surface area contributed by atoms with Crippen LogP contribution in [-0.4, -0.2) is 32.8 Å². The SMILES string of the molecule is COCCCNC(=O)COc1cc(Br)ccc1C. The van der Waals surface area contributed by atoms with Crippen molar-refractivity contribution in [2.75, 3.05) is 26.9 Å². The second-order valence-corrected chi connectivity index (χ2v) is 4.81. The van der Waals surface area contributed by atoms with Crippen molar-refractivity contribution in [1.82, 2.24) is 5.32 Å². The van der Waals surface area contributed by atoms with Gasteiger partial charge in [0.15, 0.2) is 6.61 Å². The Morgan fingerprint density at radius 1 is 1.44 bits per heavy atom. The normalized spacial score (nSPS) is 10.2. The summed E-state index contributed by atoms with van der Waals surface area (Å²) in [5, 5.41) is 2.77. The van der Waals surface area contributed by atoms with Crippen molar-refractivity contribution in [2.24, 2.45) is 0 Å².